The first-order valence-electron chi connectivity index (χ1n) is 8.23. The summed E-state index contributed by atoms with van der Waals surface area (Å²) in [4.78, 5) is 12.5. The number of hydrogen-bond acceptors (Lipinski definition) is 4. The lowest BCUT2D eigenvalue weighted by atomic mass is 10.0. The molecule has 1 amide bonds. The van der Waals surface area contributed by atoms with E-state index in [0.717, 1.165) is 30.0 Å². The number of aromatic nitrogens is 3. The molecule has 4 rings (SSSR count). The quantitative estimate of drug-likeness (QED) is 0.836. The van der Waals surface area contributed by atoms with Crippen molar-refractivity contribution in [1.29, 1.82) is 0 Å². The highest BCUT2D eigenvalue weighted by molar-refractivity contribution is 7.71. The molecule has 0 spiro atoms. The molecule has 1 fully saturated rings. The van der Waals surface area contributed by atoms with Crippen LogP contribution < -0.4 is 10.1 Å². The summed E-state index contributed by atoms with van der Waals surface area (Å²) >= 11 is 5.26. The molecule has 0 saturated heterocycles. The van der Waals surface area contributed by atoms with E-state index in [1.54, 1.807) is 0 Å². The SMILES string of the molecule is Cc1cc2c(cc1C)O[C@H](C(=O)NCc1n[nH]c(=S)n1C1CC1)C2. The van der Waals surface area contributed by atoms with E-state index in [2.05, 4.69) is 28.5 Å². The Labute approximate surface area is 145 Å². The van der Waals surface area contributed by atoms with Crippen LogP contribution in [0.5, 0.6) is 5.75 Å². The molecule has 2 N–H and O–H groups in total. The Bertz CT molecular complexity index is 835. The number of amides is 1. The van der Waals surface area contributed by atoms with Gasteiger partial charge >= 0.3 is 0 Å². The van der Waals surface area contributed by atoms with Gasteiger partial charge < -0.3 is 10.1 Å². The Kier molecular flexibility index (Phi) is 3.68. The summed E-state index contributed by atoms with van der Waals surface area (Å²) in [7, 11) is 0. The molecule has 1 aromatic carbocycles. The number of rotatable bonds is 4. The summed E-state index contributed by atoms with van der Waals surface area (Å²) in [5, 5.41) is 9.97. The van der Waals surface area contributed by atoms with Crippen LogP contribution in [0.25, 0.3) is 0 Å². The minimum atomic E-state index is -0.475. The summed E-state index contributed by atoms with van der Waals surface area (Å²) in [5.74, 6) is 1.48. The normalized spacial score (nSPS) is 19.0. The number of carbonyl (C=O) groups excluding carboxylic acids is 1. The molecule has 0 radical (unpaired) electrons. The molecule has 1 atom stereocenters. The lowest BCUT2D eigenvalue weighted by molar-refractivity contribution is -0.127. The molecule has 0 bridgehead atoms. The molecular formula is C17H20N4O2S. The van der Waals surface area contributed by atoms with Gasteiger partial charge in [0, 0.05) is 12.5 Å². The van der Waals surface area contributed by atoms with Gasteiger partial charge in [-0.2, -0.15) is 5.10 Å². The minimum absolute atomic E-state index is 0.113. The first-order chi connectivity index (χ1) is 11.5. The summed E-state index contributed by atoms with van der Waals surface area (Å²) in [6.07, 6.45) is 2.37. The van der Waals surface area contributed by atoms with Gasteiger partial charge in [-0.1, -0.05) is 6.07 Å². The Balaban J connectivity index is 1.42. The second kappa shape index (κ2) is 5.73. The van der Waals surface area contributed by atoms with Crippen LogP contribution in [-0.2, 0) is 17.8 Å². The molecular weight excluding hydrogens is 324 g/mol. The number of nitrogens with one attached hydrogen (secondary N) is 2. The van der Waals surface area contributed by atoms with E-state index < -0.39 is 6.10 Å². The van der Waals surface area contributed by atoms with Crippen LogP contribution in [0.15, 0.2) is 12.1 Å². The van der Waals surface area contributed by atoms with Gasteiger partial charge in [0.1, 0.15) is 5.75 Å². The maximum absolute atomic E-state index is 12.5. The van der Waals surface area contributed by atoms with Crippen molar-refractivity contribution in [2.75, 3.05) is 0 Å². The highest BCUT2D eigenvalue weighted by atomic mass is 32.1. The topological polar surface area (TPSA) is 71.9 Å². The number of fused-ring (bicyclic) bond motifs is 1. The van der Waals surface area contributed by atoms with Crippen molar-refractivity contribution in [3.63, 3.8) is 0 Å². The highest BCUT2D eigenvalue weighted by Crippen LogP contribution is 2.35. The monoisotopic (exact) mass is 344 g/mol. The van der Waals surface area contributed by atoms with Crippen molar-refractivity contribution in [3.8, 4) is 5.75 Å². The summed E-state index contributed by atoms with van der Waals surface area (Å²) in [6.45, 7) is 4.48. The van der Waals surface area contributed by atoms with Crippen LogP contribution in [0.3, 0.4) is 0 Å². The second-order valence-corrected chi connectivity index (χ2v) is 7.01. The minimum Gasteiger partial charge on any atom is -0.480 e. The third-order valence-electron chi connectivity index (χ3n) is 4.75. The molecule has 1 aliphatic carbocycles. The highest BCUT2D eigenvalue weighted by Gasteiger charge is 2.31. The van der Waals surface area contributed by atoms with Gasteiger partial charge in [0.25, 0.3) is 5.91 Å². The molecule has 7 heteroatoms. The number of carbonyl (C=O) groups is 1. The predicted octanol–water partition coefficient (Wildman–Crippen LogP) is 2.51. The maximum atomic E-state index is 12.5. The predicted molar refractivity (Wildman–Crippen MR) is 91.6 cm³/mol. The molecule has 2 aliphatic rings. The average molecular weight is 344 g/mol. The van der Waals surface area contributed by atoms with Gasteiger partial charge in [-0.05, 0) is 61.7 Å². The largest absolute Gasteiger partial charge is 0.480 e. The van der Waals surface area contributed by atoms with Gasteiger partial charge in [0.05, 0.1) is 6.54 Å². The van der Waals surface area contributed by atoms with Gasteiger partial charge in [0.15, 0.2) is 16.7 Å². The molecule has 1 aromatic heterocycles. The Hall–Kier alpha value is -2.15. The fourth-order valence-corrected chi connectivity index (χ4v) is 3.41. The van der Waals surface area contributed by atoms with Crippen molar-refractivity contribution in [1.82, 2.24) is 20.1 Å². The number of H-pyrrole nitrogens is 1. The molecule has 0 unspecified atom stereocenters. The number of aromatic amines is 1. The van der Waals surface area contributed by atoms with E-state index in [0.29, 0.717) is 23.8 Å². The standard InChI is InChI=1S/C17H20N4O2S/c1-9-5-11-7-14(23-13(11)6-10(9)2)16(22)18-8-15-19-20-17(24)21(15)12-3-4-12/h5-6,12,14H,3-4,7-8H2,1-2H3,(H,18,22)(H,20,24)/t14-/m0/s1. The van der Waals surface area contributed by atoms with Crippen LogP contribution in [-0.4, -0.2) is 26.8 Å². The molecule has 2 heterocycles. The number of ether oxygens (including phenoxy) is 1. The van der Waals surface area contributed by atoms with Crippen LogP contribution >= 0.6 is 12.2 Å². The Morgan fingerprint density at radius 2 is 2.17 bits per heavy atom. The number of nitrogens with zero attached hydrogens (tertiary/aromatic N) is 2. The van der Waals surface area contributed by atoms with E-state index >= 15 is 0 Å². The first-order valence-corrected chi connectivity index (χ1v) is 8.64. The number of aryl methyl sites for hydroxylation is 2. The summed E-state index contributed by atoms with van der Waals surface area (Å²) in [6, 6.07) is 4.55. The fourth-order valence-electron chi connectivity index (χ4n) is 3.11. The fraction of sp³-hybridized carbons (Fsp3) is 0.471. The lowest BCUT2D eigenvalue weighted by Crippen LogP contribution is -2.37. The van der Waals surface area contributed by atoms with Crippen LogP contribution in [0.4, 0.5) is 0 Å². The van der Waals surface area contributed by atoms with E-state index in [-0.39, 0.29) is 5.91 Å². The van der Waals surface area contributed by atoms with Crippen molar-refractivity contribution < 1.29 is 9.53 Å². The second-order valence-electron chi connectivity index (χ2n) is 6.62. The molecule has 1 aliphatic heterocycles. The van der Waals surface area contributed by atoms with Crippen molar-refractivity contribution in [3.05, 3.63) is 39.4 Å². The molecule has 6 nitrogen and oxygen atoms in total. The lowest BCUT2D eigenvalue weighted by Gasteiger charge is -2.12. The summed E-state index contributed by atoms with van der Waals surface area (Å²) < 4.78 is 8.45. The van der Waals surface area contributed by atoms with E-state index in [9.17, 15) is 4.79 Å². The van der Waals surface area contributed by atoms with Gasteiger partial charge in [-0.3, -0.25) is 14.5 Å². The number of benzene rings is 1. The van der Waals surface area contributed by atoms with Crippen LogP contribution in [0, 0.1) is 18.6 Å². The molecule has 1 saturated carbocycles. The Morgan fingerprint density at radius 1 is 1.42 bits per heavy atom. The van der Waals surface area contributed by atoms with Crippen molar-refractivity contribution >= 4 is 18.1 Å². The van der Waals surface area contributed by atoms with E-state index in [1.165, 1.54) is 11.1 Å². The van der Waals surface area contributed by atoms with E-state index in [1.807, 2.05) is 17.6 Å². The zero-order valence-corrected chi connectivity index (χ0v) is 14.6. The van der Waals surface area contributed by atoms with Crippen LogP contribution in [0.1, 0.15) is 41.4 Å². The Morgan fingerprint density at radius 3 is 2.92 bits per heavy atom. The maximum Gasteiger partial charge on any atom is 0.261 e. The van der Waals surface area contributed by atoms with E-state index in [4.69, 9.17) is 17.0 Å². The molecule has 2 aromatic rings. The van der Waals surface area contributed by atoms with Gasteiger partial charge in [0.2, 0.25) is 0 Å². The van der Waals surface area contributed by atoms with Crippen molar-refractivity contribution in [2.24, 2.45) is 0 Å². The smallest absolute Gasteiger partial charge is 0.261 e. The molecule has 126 valence electrons. The zero-order chi connectivity index (χ0) is 16.8. The summed E-state index contributed by atoms with van der Waals surface area (Å²) in [5.41, 5.74) is 3.49. The van der Waals surface area contributed by atoms with Gasteiger partial charge in [-0.25, -0.2) is 0 Å². The third kappa shape index (κ3) is 2.73. The number of hydrogen-bond donors (Lipinski definition) is 2. The molecule has 24 heavy (non-hydrogen) atoms. The average Bonchev–Trinajstić information content (AvgIpc) is 3.20. The zero-order valence-electron chi connectivity index (χ0n) is 13.8. The van der Waals surface area contributed by atoms with Crippen molar-refractivity contribution in [2.45, 2.75) is 51.8 Å². The first kappa shape index (κ1) is 15.4. The van der Waals surface area contributed by atoms with Gasteiger partial charge in [-0.15, -0.1) is 0 Å². The third-order valence-corrected chi connectivity index (χ3v) is 5.04. The van der Waals surface area contributed by atoms with Crippen LogP contribution in [0.2, 0.25) is 0 Å².